The fourth-order valence-electron chi connectivity index (χ4n) is 3.31. The largest absolute Gasteiger partial charge is 0.334 e. The zero-order valence-electron chi connectivity index (χ0n) is 16.8. The molecule has 7 nitrogen and oxygen atoms in total. The number of urea groups is 1. The summed E-state index contributed by atoms with van der Waals surface area (Å²) in [6, 6.07) is 19.9. The first kappa shape index (κ1) is 20.8. The van der Waals surface area contributed by atoms with Crippen LogP contribution in [0.4, 0.5) is 14.9 Å². The Morgan fingerprint density at radius 2 is 1.53 bits per heavy atom. The van der Waals surface area contributed by atoms with Gasteiger partial charge in [0.05, 0.1) is 0 Å². The van der Waals surface area contributed by atoms with Crippen LogP contribution in [0.5, 0.6) is 0 Å². The first-order valence-electron chi connectivity index (χ1n) is 9.81. The van der Waals surface area contributed by atoms with Crippen molar-refractivity contribution in [3.05, 3.63) is 107 Å². The molecule has 4 rings (SSSR count). The molecule has 160 valence electrons. The minimum atomic E-state index is -1.000. The summed E-state index contributed by atoms with van der Waals surface area (Å²) in [5.74, 6) is -1.53. The molecule has 3 aromatic carbocycles. The lowest BCUT2D eigenvalue weighted by Gasteiger charge is -2.15. The molecule has 0 spiro atoms. The third-order valence-corrected chi connectivity index (χ3v) is 4.86. The molecule has 0 unspecified atom stereocenters. The van der Waals surface area contributed by atoms with Gasteiger partial charge in [0.15, 0.2) is 0 Å². The number of hydrogen-bond donors (Lipinski definition) is 4. The van der Waals surface area contributed by atoms with Gasteiger partial charge in [-0.3, -0.25) is 15.0 Å². The maximum Gasteiger partial charge on any atom is 0.334 e. The molecule has 0 aliphatic carbocycles. The molecule has 0 saturated heterocycles. The van der Waals surface area contributed by atoms with Crippen molar-refractivity contribution in [2.75, 3.05) is 5.32 Å². The highest BCUT2D eigenvalue weighted by atomic mass is 19.1. The monoisotopic (exact) mass is 430 g/mol. The van der Waals surface area contributed by atoms with Gasteiger partial charge in [0.1, 0.15) is 11.9 Å². The van der Waals surface area contributed by atoms with E-state index in [1.165, 1.54) is 12.1 Å². The molecule has 0 fully saturated rings. The summed E-state index contributed by atoms with van der Waals surface area (Å²) >= 11 is 0. The van der Waals surface area contributed by atoms with Crippen LogP contribution in [-0.4, -0.2) is 23.9 Å². The average molecular weight is 430 g/mol. The molecule has 3 aromatic rings. The first-order chi connectivity index (χ1) is 15.5. The molecule has 1 atom stereocenters. The van der Waals surface area contributed by atoms with Gasteiger partial charge in [-0.15, -0.1) is 0 Å². The highest BCUT2D eigenvalue weighted by Gasteiger charge is 2.25. The van der Waals surface area contributed by atoms with Crippen LogP contribution in [0.3, 0.4) is 0 Å². The van der Waals surface area contributed by atoms with Crippen molar-refractivity contribution in [2.24, 2.45) is 0 Å². The Labute approximate surface area is 183 Å². The Morgan fingerprint density at radius 3 is 2.28 bits per heavy atom. The second-order valence-electron chi connectivity index (χ2n) is 7.02. The number of halogens is 1. The van der Waals surface area contributed by atoms with Crippen LogP contribution in [0.25, 0.3) is 5.57 Å². The van der Waals surface area contributed by atoms with E-state index in [-0.39, 0.29) is 5.56 Å². The second-order valence-corrected chi connectivity index (χ2v) is 7.02. The molecule has 0 aromatic heterocycles. The molecule has 0 bridgehead atoms. The van der Waals surface area contributed by atoms with Gasteiger partial charge in [-0.05, 0) is 47.5 Å². The summed E-state index contributed by atoms with van der Waals surface area (Å²) in [6.45, 7) is 0. The van der Waals surface area contributed by atoms with E-state index in [9.17, 15) is 18.8 Å². The molecule has 1 aliphatic heterocycles. The highest BCUT2D eigenvalue weighted by molar-refractivity contribution is 6.05. The first-order valence-corrected chi connectivity index (χ1v) is 9.81. The molecular weight excluding hydrogens is 411 g/mol. The van der Waals surface area contributed by atoms with Crippen LogP contribution in [0.1, 0.15) is 21.5 Å². The van der Waals surface area contributed by atoms with Gasteiger partial charge in [-0.2, -0.15) is 0 Å². The summed E-state index contributed by atoms with van der Waals surface area (Å²) in [5.41, 5.74) is 7.70. The van der Waals surface area contributed by atoms with Crippen molar-refractivity contribution in [3.8, 4) is 0 Å². The lowest BCUT2D eigenvalue weighted by atomic mass is 9.96. The molecule has 0 saturated carbocycles. The van der Waals surface area contributed by atoms with Crippen LogP contribution in [0.2, 0.25) is 0 Å². The standard InChI is InChI=1S/C24H19FN4O3/c25-17-12-10-16(11-13-17)22(30)28-29-24(32)27-21-14-19(15-6-2-1-3-7-15)18-8-4-5-9-20(18)26-23(21)31/h1-14,21H,(H,26,31)(H,28,30)(H2,27,29,32)/t21-/m0/s1. The topological polar surface area (TPSA) is 99.3 Å². The van der Waals surface area contributed by atoms with Crippen molar-refractivity contribution in [1.82, 2.24) is 16.2 Å². The number of hydrazine groups is 1. The number of benzene rings is 3. The minimum Gasteiger partial charge on any atom is -0.323 e. The predicted molar refractivity (Wildman–Crippen MR) is 118 cm³/mol. The minimum absolute atomic E-state index is 0.167. The maximum atomic E-state index is 13.0. The van der Waals surface area contributed by atoms with Crippen molar-refractivity contribution in [1.29, 1.82) is 0 Å². The van der Waals surface area contributed by atoms with Gasteiger partial charge < -0.3 is 10.6 Å². The number of carbonyl (C=O) groups is 3. The fourth-order valence-corrected chi connectivity index (χ4v) is 3.31. The maximum absolute atomic E-state index is 13.0. The summed E-state index contributed by atoms with van der Waals surface area (Å²) in [6.07, 6.45) is 1.66. The van der Waals surface area contributed by atoms with Crippen LogP contribution >= 0.6 is 0 Å². The zero-order valence-corrected chi connectivity index (χ0v) is 16.8. The van der Waals surface area contributed by atoms with E-state index in [0.717, 1.165) is 28.8 Å². The normalized spacial score (nSPS) is 14.8. The molecular formula is C24H19FN4O3. The molecule has 8 heteroatoms. The zero-order chi connectivity index (χ0) is 22.5. The average Bonchev–Trinajstić information content (AvgIpc) is 2.95. The van der Waals surface area contributed by atoms with E-state index in [2.05, 4.69) is 21.5 Å². The smallest absolute Gasteiger partial charge is 0.323 e. The van der Waals surface area contributed by atoms with Crippen LogP contribution in [0.15, 0.2) is 84.9 Å². The number of nitrogens with one attached hydrogen (secondary N) is 4. The van der Waals surface area contributed by atoms with Gasteiger partial charge in [0.2, 0.25) is 0 Å². The van der Waals surface area contributed by atoms with E-state index in [4.69, 9.17) is 0 Å². The number of hydrogen-bond acceptors (Lipinski definition) is 3. The second kappa shape index (κ2) is 9.13. The van der Waals surface area contributed by atoms with Crippen molar-refractivity contribution < 1.29 is 18.8 Å². The highest BCUT2D eigenvalue weighted by Crippen LogP contribution is 2.32. The number of fused-ring (bicyclic) bond motifs is 1. The number of rotatable bonds is 3. The third-order valence-electron chi connectivity index (χ3n) is 4.86. The molecule has 4 N–H and O–H groups in total. The van der Waals surface area contributed by atoms with Crippen LogP contribution in [-0.2, 0) is 4.79 Å². The van der Waals surface area contributed by atoms with E-state index < -0.39 is 29.7 Å². The molecule has 0 radical (unpaired) electrons. The molecule has 4 amide bonds. The number of carbonyl (C=O) groups excluding carboxylic acids is 3. The van der Waals surface area contributed by atoms with Crippen molar-refractivity contribution in [2.45, 2.75) is 6.04 Å². The third kappa shape index (κ3) is 4.65. The number of amides is 4. The fraction of sp³-hybridized carbons (Fsp3) is 0.0417. The van der Waals surface area contributed by atoms with E-state index >= 15 is 0 Å². The quantitative estimate of drug-likeness (QED) is 0.480. The Bertz CT molecular complexity index is 1190. The van der Waals surface area contributed by atoms with Gasteiger partial charge in [-0.1, -0.05) is 48.5 Å². The van der Waals surface area contributed by atoms with E-state index in [1.54, 1.807) is 12.1 Å². The van der Waals surface area contributed by atoms with E-state index in [1.807, 2.05) is 48.5 Å². The summed E-state index contributed by atoms with van der Waals surface area (Å²) in [5, 5.41) is 5.36. The van der Waals surface area contributed by atoms with Gasteiger partial charge in [0.25, 0.3) is 11.8 Å². The molecule has 1 aliphatic rings. The summed E-state index contributed by atoms with van der Waals surface area (Å²) in [7, 11) is 0. The lowest BCUT2D eigenvalue weighted by molar-refractivity contribution is -0.116. The van der Waals surface area contributed by atoms with E-state index in [0.29, 0.717) is 5.69 Å². The SMILES string of the molecule is O=C(NNC(=O)c1ccc(F)cc1)N[C@H]1C=C(c2ccccc2)c2ccccc2NC1=O. The summed E-state index contributed by atoms with van der Waals surface area (Å²) < 4.78 is 13.0. The Hall–Kier alpha value is -4.46. The van der Waals surface area contributed by atoms with Crippen LogP contribution < -0.4 is 21.5 Å². The van der Waals surface area contributed by atoms with Crippen molar-refractivity contribution >= 4 is 29.1 Å². The Balaban J connectivity index is 1.51. The Kier molecular flexibility index (Phi) is 5.94. The van der Waals surface area contributed by atoms with Gasteiger partial charge in [-0.25, -0.2) is 14.6 Å². The predicted octanol–water partition coefficient (Wildman–Crippen LogP) is 3.22. The van der Waals surface area contributed by atoms with Gasteiger partial charge in [0, 0.05) is 16.8 Å². The van der Waals surface area contributed by atoms with Gasteiger partial charge >= 0.3 is 6.03 Å². The van der Waals surface area contributed by atoms with Crippen molar-refractivity contribution in [3.63, 3.8) is 0 Å². The number of para-hydroxylation sites is 1. The lowest BCUT2D eigenvalue weighted by Crippen LogP contribution is -2.52. The molecule has 32 heavy (non-hydrogen) atoms. The summed E-state index contributed by atoms with van der Waals surface area (Å²) in [4.78, 5) is 37.2. The Morgan fingerprint density at radius 1 is 0.844 bits per heavy atom. The molecule has 1 heterocycles. The number of anilines is 1. The van der Waals surface area contributed by atoms with Crippen LogP contribution in [0, 0.1) is 5.82 Å².